The molecule has 5 nitrogen and oxygen atoms in total. The van der Waals surface area contributed by atoms with Gasteiger partial charge in [-0.2, -0.15) is 0 Å². The maximum Gasteiger partial charge on any atom is 0.336 e. The van der Waals surface area contributed by atoms with Crippen molar-refractivity contribution < 1.29 is 9.52 Å². The van der Waals surface area contributed by atoms with Crippen molar-refractivity contribution in [2.75, 3.05) is 0 Å². The van der Waals surface area contributed by atoms with Crippen molar-refractivity contribution >= 4 is 16.7 Å². The fourth-order valence-electron chi connectivity index (χ4n) is 1.88. The SMILES string of the molecule is CCCc1cc(=O)oc2cc(O)cc(N=O)c12. The summed E-state index contributed by atoms with van der Waals surface area (Å²) in [5, 5.41) is 12.8. The molecule has 1 aromatic heterocycles. The van der Waals surface area contributed by atoms with Crippen LogP contribution in [0.4, 0.5) is 5.69 Å². The summed E-state index contributed by atoms with van der Waals surface area (Å²) in [6.07, 6.45) is 1.48. The number of phenols is 1. The van der Waals surface area contributed by atoms with Crippen LogP contribution in [0.3, 0.4) is 0 Å². The first-order chi connectivity index (χ1) is 8.15. The average molecular weight is 233 g/mol. The van der Waals surface area contributed by atoms with Crippen molar-refractivity contribution in [2.24, 2.45) is 5.18 Å². The van der Waals surface area contributed by atoms with Gasteiger partial charge in [0.2, 0.25) is 0 Å². The molecule has 1 heterocycles. The third kappa shape index (κ3) is 2.04. The first-order valence-corrected chi connectivity index (χ1v) is 5.28. The number of fused-ring (bicyclic) bond motifs is 1. The van der Waals surface area contributed by atoms with Gasteiger partial charge >= 0.3 is 5.63 Å². The molecule has 0 saturated carbocycles. The van der Waals surface area contributed by atoms with Crippen molar-refractivity contribution in [3.63, 3.8) is 0 Å². The lowest BCUT2D eigenvalue weighted by Gasteiger charge is -2.05. The highest BCUT2D eigenvalue weighted by atomic mass is 16.4. The second-order valence-electron chi connectivity index (χ2n) is 3.77. The van der Waals surface area contributed by atoms with Crippen LogP contribution >= 0.6 is 0 Å². The van der Waals surface area contributed by atoms with Crippen LogP contribution in [0.1, 0.15) is 18.9 Å². The van der Waals surface area contributed by atoms with Gasteiger partial charge in [0.15, 0.2) is 0 Å². The third-order valence-corrected chi connectivity index (χ3v) is 2.51. The van der Waals surface area contributed by atoms with Gasteiger partial charge in [-0.15, -0.1) is 4.91 Å². The van der Waals surface area contributed by atoms with Crippen molar-refractivity contribution in [1.82, 2.24) is 0 Å². The summed E-state index contributed by atoms with van der Waals surface area (Å²) in [5.74, 6) is -0.149. The van der Waals surface area contributed by atoms with Crippen LogP contribution in [-0.2, 0) is 6.42 Å². The molecule has 17 heavy (non-hydrogen) atoms. The molecule has 0 unspecified atom stereocenters. The van der Waals surface area contributed by atoms with Crippen LogP contribution in [0.5, 0.6) is 5.75 Å². The Kier molecular flexibility index (Phi) is 2.91. The van der Waals surface area contributed by atoms with Crippen LogP contribution in [0.25, 0.3) is 11.0 Å². The number of nitrogens with zero attached hydrogens (tertiary/aromatic N) is 1. The van der Waals surface area contributed by atoms with Crippen molar-refractivity contribution in [3.8, 4) is 5.75 Å². The minimum atomic E-state index is -0.497. The highest BCUT2D eigenvalue weighted by Crippen LogP contribution is 2.32. The predicted octanol–water partition coefficient (Wildman–Crippen LogP) is 2.85. The number of phenolic OH excluding ortho intramolecular Hbond substituents is 1. The number of aryl methyl sites for hydroxylation is 1. The van der Waals surface area contributed by atoms with E-state index in [-0.39, 0.29) is 17.0 Å². The zero-order chi connectivity index (χ0) is 12.4. The smallest absolute Gasteiger partial charge is 0.336 e. The minimum Gasteiger partial charge on any atom is -0.508 e. The predicted molar refractivity (Wildman–Crippen MR) is 63.6 cm³/mol. The molecule has 1 aromatic carbocycles. The summed E-state index contributed by atoms with van der Waals surface area (Å²) in [7, 11) is 0. The topological polar surface area (TPSA) is 79.9 Å². The molecule has 88 valence electrons. The highest BCUT2D eigenvalue weighted by molar-refractivity contribution is 5.92. The molecule has 0 amide bonds. The molecule has 0 aliphatic heterocycles. The molecular formula is C12H11NO4. The Morgan fingerprint density at radius 2 is 2.12 bits per heavy atom. The summed E-state index contributed by atoms with van der Waals surface area (Å²) in [5.41, 5.74) is 0.500. The van der Waals surface area contributed by atoms with Crippen LogP contribution in [-0.4, -0.2) is 5.11 Å². The monoisotopic (exact) mass is 233 g/mol. The Labute approximate surface area is 96.7 Å². The van der Waals surface area contributed by atoms with Crippen molar-refractivity contribution in [2.45, 2.75) is 19.8 Å². The molecule has 2 aromatic rings. The first-order valence-electron chi connectivity index (χ1n) is 5.28. The molecule has 2 rings (SSSR count). The average Bonchev–Trinajstić information content (AvgIpc) is 2.27. The van der Waals surface area contributed by atoms with E-state index in [4.69, 9.17) is 4.42 Å². The molecule has 0 aliphatic rings. The van der Waals surface area contributed by atoms with Gasteiger partial charge in [-0.1, -0.05) is 13.3 Å². The molecule has 0 fully saturated rings. The third-order valence-electron chi connectivity index (χ3n) is 2.51. The Morgan fingerprint density at radius 1 is 1.35 bits per heavy atom. The second kappa shape index (κ2) is 4.37. The lowest BCUT2D eigenvalue weighted by Crippen LogP contribution is -2.00. The van der Waals surface area contributed by atoms with E-state index in [2.05, 4.69) is 5.18 Å². The van der Waals surface area contributed by atoms with E-state index in [1.165, 1.54) is 18.2 Å². The fourth-order valence-corrected chi connectivity index (χ4v) is 1.88. The van der Waals surface area contributed by atoms with E-state index in [1.807, 2.05) is 6.92 Å². The Hall–Kier alpha value is -2.17. The Balaban J connectivity index is 2.88. The summed E-state index contributed by atoms with van der Waals surface area (Å²) in [6.45, 7) is 1.97. The van der Waals surface area contributed by atoms with E-state index in [1.54, 1.807) is 0 Å². The molecule has 1 N–H and O–H groups in total. The maximum atomic E-state index is 11.3. The number of benzene rings is 1. The van der Waals surface area contributed by atoms with Gasteiger partial charge in [0, 0.05) is 18.2 Å². The maximum absolute atomic E-state index is 11.3. The van der Waals surface area contributed by atoms with Gasteiger partial charge < -0.3 is 9.52 Å². The number of rotatable bonds is 3. The van der Waals surface area contributed by atoms with E-state index in [0.717, 1.165) is 6.42 Å². The van der Waals surface area contributed by atoms with E-state index < -0.39 is 5.63 Å². The van der Waals surface area contributed by atoms with Gasteiger partial charge in [-0.25, -0.2) is 4.79 Å². The van der Waals surface area contributed by atoms with E-state index >= 15 is 0 Å². The van der Waals surface area contributed by atoms with E-state index in [9.17, 15) is 14.8 Å². The van der Waals surface area contributed by atoms with E-state index in [0.29, 0.717) is 17.4 Å². The molecule has 5 heteroatoms. The van der Waals surface area contributed by atoms with Crippen LogP contribution in [0, 0.1) is 4.91 Å². The van der Waals surface area contributed by atoms with Gasteiger partial charge in [-0.05, 0) is 17.2 Å². The summed E-state index contributed by atoms with van der Waals surface area (Å²) < 4.78 is 4.96. The lowest BCUT2D eigenvalue weighted by atomic mass is 10.0. The minimum absolute atomic E-state index is 0.0900. The standard InChI is InChI=1S/C12H11NO4/c1-2-3-7-4-11(15)17-10-6-8(14)5-9(13-16)12(7)10/h4-6,14H,2-3H2,1H3. The van der Waals surface area contributed by atoms with Crippen LogP contribution in [0.2, 0.25) is 0 Å². The van der Waals surface area contributed by atoms with Gasteiger partial charge in [-0.3, -0.25) is 0 Å². The summed E-state index contributed by atoms with van der Waals surface area (Å²) in [4.78, 5) is 22.1. The first kappa shape index (κ1) is 11.3. The quantitative estimate of drug-likeness (QED) is 0.652. The highest BCUT2D eigenvalue weighted by Gasteiger charge is 2.12. The summed E-state index contributed by atoms with van der Waals surface area (Å²) >= 11 is 0. The molecule has 0 saturated heterocycles. The number of hydrogen-bond donors (Lipinski definition) is 1. The van der Waals surface area contributed by atoms with Crippen molar-refractivity contribution in [1.29, 1.82) is 0 Å². The van der Waals surface area contributed by atoms with Gasteiger partial charge in [0.1, 0.15) is 17.0 Å². The van der Waals surface area contributed by atoms with Crippen LogP contribution < -0.4 is 5.63 Å². The largest absolute Gasteiger partial charge is 0.508 e. The summed E-state index contributed by atoms with van der Waals surface area (Å²) in [6, 6.07) is 3.93. The lowest BCUT2D eigenvalue weighted by molar-refractivity contribution is 0.473. The van der Waals surface area contributed by atoms with Gasteiger partial charge in [0.05, 0.1) is 5.39 Å². The molecule has 0 radical (unpaired) electrons. The zero-order valence-electron chi connectivity index (χ0n) is 9.27. The Bertz CT molecular complexity index is 630. The normalized spacial score (nSPS) is 10.6. The fraction of sp³-hybridized carbons (Fsp3) is 0.250. The van der Waals surface area contributed by atoms with Crippen LogP contribution in [0.15, 0.2) is 32.6 Å². The zero-order valence-corrected chi connectivity index (χ0v) is 9.27. The molecule has 0 bridgehead atoms. The number of hydrogen-bond acceptors (Lipinski definition) is 5. The molecule has 0 spiro atoms. The van der Waals surface area contributed by atoms with Gasteiger partial charge in [0.25, 0.3) is 0 Å². The number of aromatic hydroxyl groups is 1. The molecule has 0 atom stereocenters. The number of nitroso groups, excluding NO2 is 1. The molecule has 0 aliphatic carbocycles. The Morgan fingerprint density at radius 3 is 2.76 bits per heavy atom. The second-order valence-corrected chi connectivity index (χ2v) is 3.77. The molecular weight excluding hydrogens is 222 g/mol. The van der Waals surface area contributed by atoms with Crippen molar-refractivity contribution in [3.05, 3.63) is 39.1 Å².